The lowest BCUT2D eigenvalue weighted by Gasteiger charge is -2.34. The maximum absolute atomic E-state index is 3.74. The highest BCUT2D eigenvalue weighted by Crippen LogP contribution is 2.31. The van der Waals surface area contributed by atoms with Gasteiger partial charge in [-0.3, -0.25) is 0 Å². The summed E-state index contributed by atoms with van der Waals surface area (Å²) in [7, 11) is 0. The fourth-order valence-corrected chi connectivity index (χ4v) is 3.49. The highest BCUT2D eigenvalue weighted by molar-refractivity contribution is 5.22. The molecule has 0 aromatic heterocycles. The number of likely N-dealkylation sites (N-methyl/N-ethyl adjacent to an activating group) is 1. The van der Waals surface area contributed by atoms with Crippen molar-refractivity contribution in [1.82, 2.24) is 5.32 Å². The Kier molecular flexibility index (Phi) is 5.45. The van der Waals surface area contributed by atoms with E-state index in [4.69, 9.17) is 0 Å². The summed E-state index contributed by atoms with van der Waals surface area (Å²) in [5.74, 6) is 1.78. The maximum Gasteiger partial charge on any atom is 0.0136 e. The number of hydrogen-bond acceptors (Lipinski definition) is 1. The predicted octanol–water partition coefficient (Wildman–Crippen LogP) is 4.34. The number of benzene rings is 1. The third-order valence-corrected chi connectivity index (χ3v) is 4.59. The second-order valence-corrected chi connectivity index (χ2v) is 6.39. The molecule has 1 nitrogen and oxygen atoms in total. The van der Waals surface area contributed by atoms with Crippen molar-refractivity contribution in [3.05, 3.63) is 35.4 Å². The summed E-state index contributed by atoms with van der Waals surface area (Å²) in [5.41, 5.74) is 2.84. The van der Waals surface area contributed by atoms with E-state index in [0.29, 0.717) is 6.04 Å². The molecule has 0 heterocycles. The van der Waals surface area contributed by atoms with Gasteiger partial charge in [0.1, 0.15) is 0 Å². The monoisotopic (exact) mass is 259 g/mol. The van der Waals surface area contributed by atoms with Gasteiger partial charge in [-0.15, -0.1) is 0 Å². The standard InChI is InChI=1S/C18H29N/c1-4-19-18(17-7-5-6-15(3)12-17)13-16-10-8-14(2)9-11-16/h8-11,15,17-19H,4-7,12-13H2,1-3H3. The van der Waals surface area contributed by atoms with Gasteiger partial charge >= 0.3 is 0 Å². The van der Waals surface area contributed by atoms with Crippen molar-refractivity contribution in [1.29, 1.82) is 0 Å². The normalized spacial score (nSPS) is 25.2. The Balaban J connectivity index is 2.00. The van der Waals surface area contributed by atoms with Crippen molar-refractivity contribution < 1.29 is 0 Å². The van der Waals surface area contributed by atoms with E-state index in [1.165, 1.54) is 43.2 Å². The zero-order valence-electron chi connectivity index (χ0n) is 12.8. The van der Waals surface area contributed by atoms with Gasteiger partial charge < -0.3 is 5.32 Å². The molecular formula is C18H29N. The SMILES string of the molecule is CCNC(Cc1ccc(C)cc1)C1CCCC(C)C1. The van der Waals surface area contributed by atoms with Gasteiger partial charge in [0.05, 0.1) is 0 Å². The first-order valence-electron chi connectivity index (χ1n) is 7.98. The molecule has 106 valence electrons. The van der Waals surface area contributed by atoms with E-state index in [0.717, 1.165) is 18.4 Å². The van der Waals surface area contributed by atoms with Crippen molar-refractivity contribution >= 4 is 0 Å². The van der Waals surface area contributed by atoms with Gasteiger partial charge in [-0.25, -0.2) is 0 Å². The van der Waals surface area contributed by atoms with Gasteiger partial charge in [0.15, 0.2) is 0 Å². The lowest BCUT2D eigenvalue weighted by atomic mass is 9.77. The number of hydrogen-bond donors (Lipinski definition) is 1. The Morgan fingerprint density at radius 2 is 1.95 bits per heavy atom. The Labute approximate surface area is 118 Å². The van der Waals surface area contributed by atoms with Gasteiger partial charge in [0.25, 0.3) is 0 Å². The molecule has 0 spiro atoms. The van der Waals surface area contributed by atoms with Crippen LogP contribution >= 0.6 is 0 Å². The minimum Gasteiger partial charge on any atom is -0.314 e. The molecule has 1 saturated carbocycles. The molecule has 0 amide bonds. The first kappa shape index (κ1) is 14.6. The first-order chi connectivity index (χ1) is 9.19. The molecule has 0 aliphatic heterocycles. The fraction of sp³-hybridized carbons (Fsp3) is 0.667. The van der Waals surface area contributed by atoms with Crippen LogP contribution in [-0.4, -0.2) is 12.6 Å². The van der Waals surface area contributed by atoms with Crippen LogP contribution in [0.1, 0.15) is 50.7 Å². The quantitative estimate of drug-likeness (QED) is 0.829. The van der Waals surface area contributed by atoms with Crippen molar-refractivity contribution in [2.24, 2.45) is 11.8 Å². The summed E-state index contributed by atoms with van der Waals surface area (Å²) in [6.07, 6.45) is 6.85. The summed E-state index contributed by atoms with van der Waals surface area (Å²) >= 11 is 0. The third-order valence-electron chi connectivity index (χ3n) is 4.59. The van der Waals surface area contributed by atoms with E-state index < -0.39 is 0 Å². The van der Waals surface area contributed by atoms with Crippen LogP contribution in [0.4, 0.5) is 0 Å². The number of rotatable bonds is 5. The molecule has 1 heteroatoms. The van der Waals surface area contributed by atoms with E-state index in [1.807, 2.05) is 0 Å². The van der Waals surface area contributed by atoms with E-state index in [9.17, 15) is 0 Å². The van der Waals surface area contributed by atoms with Crippen LogP contribution in [0.15, 0.2) is 24.3 Å². The van der Waals surface area contributed by atoms with Gasteiger partial charge in [0.2, 0.25) is 0 Å². The van der Waals surface area contributed by atoms with Crippen LogP contribution in [0, 0.1) is 18.8 Å². The van der Waals surface area contributed by atoms with Gasteiger partial charge in [0, 0.05) is 6.04 Å². The van der Waals surface area contributed by atoms with E-state index in [2.05, 4.69) is 50.4 Å². The second-order valence-electron chi connectivity index (χ2n) is 6.39. The van der Waals surface area contributed by atoms with Crippen LogP contribution in [0.5, 0.6) is 0 Å². The number of aryl methyl sites for hydroxylation is 1. The highest BCUT2D eigenvalue weighted by Gasteiger charge is 2.26. The largest absolute Gasteiger partial charge is 0.314 e. The molecule has 19 heavy (non-hydrogen) atoms. The zero-order valence-corrected chi connectivity index (χ0v) is 12.8. The summed E-state index contributed by atoms with van der Waals surface area (Å²) in [6.45, 7) is 7.89. The molecular weight excluding hydrogens is 230 g/mol. The molecule has 1 aliphatic rings. The van der Waals surface area contributed by atoms with Crippen LogP contribution in [-0.2, 0) is 6.42 Å². The Morgan fingerprint density at radius 3 is 2.58 bits per heavy atom. The van der Waals surface area contributed by atoms with E-state index in [1.54, 1.807) is 0 Å². The average Bonchev–Trinajstić information content (AvgIpc) is 2.41. The summed E-state index contributed by atoms with van der Waals surface area (Å²) in [6, 6.07) is 9.73. The molecule has 3 unspecified atom stereocenters. The van der Waals surface area contributed by atoms with Crippen molar-refractivity contribution in [3.63, 3.8) is 0 Å². The fourth-order valence-electron chi connectivity index (χ4n) is 3.49. The van der Waals surface area contributed by atoms with E-state index in [-0.39, 0.29) is 0 Å². The summed E-state index contributed by atoms with van der Waals surface area (Å²) in [5, 5.41) is 3.74. The summed E-state index contributed by atoms with van der Waals surface area (Å²) in [4.78, 5) is 0. The smallest absolute Gasteiger partial charge is 0.0136 e. The van der Waals surface area contributed by atoms with Gasteiger partial charge in [-0.1, -0.05) is 56.5 Å². The topological polar surface area (TPSA) is 12.0 Å². The third kappa shape index (κ3) is 4.35. The Hall–Kier alpha value is -0.820. The lowest BCUT2D eigenvalue weighted by Crippen LogP contribution is -2.40. The highest BCUT2D eigenvalue weighted by atomic mass is 14.9. The van der Waals surface area contributed by atoms with Gasteiger partial charge in [-0.2, -0.15) is 0 Å². The number of nitrogens with one attached hydrogen (secondary N) is 1. The van der Waals surface area contributed by atoms with Crippen LogP contribution in [0.2, 0.25) is 0 Å². The maximum atomic E-state index is 3.74. The molecule has 1 N–H and O–H groups in total. The Bertz CT molecular complexity index is 368. The molecule has 3 atom stereocenters. The van der Waals surface area contributed by atoms with Gasteiger partial charge in [-0.05, 0) is 50.1 Å². The van der Waals surface area contributed by atoms with Crippen LogP contribution in [0.25, 0.3) is 0 Å². The second kappa shape index (κ2) is 7.09. The minimum atomic E-state index is 0.662. The molecule has 1 fully saturated rings. The lowest BCUT2D eigenvalue weighted by molar-refractivity contribution is 0.222. The van der Waals surface area contributed by atoms with Crippen LogP contribution in [0.3, 0.4) is 0 Å². The Morgan fingerprint density at radius 1 is 1.21 bits per heavy atom. The molecule has 0 radical (unpaired) electrons. The van der Waals surface area contributed by atoms with E-state index >= 15 is 0 Å². The molecule has 0 bridgehead atoms. The molecule has 1 aromatic carbocycles. The molecule has 0 saturated heterocycles. The summed E-state index contributed by atoms with van der Waals surface area (Å²) < 4.78 is 0. The molecule has 1 aromatic rings. The van der Waals surface area contributed by atoms with Crippen molar-refractivity contribution in [2.45, 2.75) is 58.9 Å². The first-order valence-corrected chi connectivity index (χ1v) is 7.98. The predicted molar refractivity (Wildman–Crippen MR) is 83.5 cm³/mol. The zero-order chi connectivity index (χ0) is 13.7. The van der Waals surface area contributed by atoms with Crippen LogP contribution < -0.4 is 5.32 Å². The van der Waals surface area contributed by atoms with Crippen molar-refractivity contribution in [2.75, 3.05) is 6.54 Å². The average molecular weight is 259 g/mol. The molecule has 2 rings (SSSR count). The van der Waals surface area contributed by atoms with Crippen molar-refractivity contribution in [3.8, 4) is 0 Å². The minimum absolute atomic E-state index is 0.662. The molecule has 1 aliphatic carbocycles.